The molecule has 0 amide bonds. The predicted molar refractivity (Wildman–Crippen MR) is 80.9 cm³/mol. The molecule has 0 bridgehead atoms. The van der Waals surface area contributed by atoms with Crippen molar-refractivity contribution in [1.82, 2.24) is 0 Å². The highest BCUT2D eigenvalue weighted by atomic mass is 16.6. The zero-order chi connectivity index (χ0) is 17.9. The molecule has 0 aliphatic heterocycles. The number of nitrogens with zero attached hydrogens (tertiary/aromatic N) is 3. The first-order valence-electron chi connectivity index (χ1n) is 6.50. The first-order valence-corrected chi connectivity index (χ1v) is 6.50. The van der Waals surface area contributed by atoms with E-state index >= 15 is 0 Å². The van der Waals surface area contributed by atoms with Crippen LogP contribution in [0.5, 0.6) is 0 Å². The van der Waals surface area contributed by atoms with Crippen LogP contribution in [-0.2, 0) is 6.42 Å². The van der Waals surface area contributed by atoms with Gasteiger partial charge in [-0.05, 0) is 6.07 Å². The van der Waals surface area contributed by atoms with Gasteiger partial charge in [0, 0.05) is 23.6 Å². The maximum Gasteiger partial charge on any atom is 0.422 e. The Bertz CT molecular complexity index is 849. The van der Waals surface area contributed by atoms with Crippen molar-refractivity contribution >= 4 is 22.8 Å². The van der Waals surface area contributed by atoms with Crippen molar-refractivity contribution in [2.24, 2.45) is 0 Å². The summed E-state index contributed by atoms with van der Waals surface area (Å²) in [6, 6.07) is 9.64. The maximum atomic E-state index is 12.2. The summed E-state index contributed by atoms with van der Waals surface area (Å²) in [4.78, 5) is 42.0. The minimum absolute atomic E-state index is 0.258. The summed E-state index contributed by atoms with van der Waals surface area (Å²) < 4.78 is 0. The van der Waals surface area contributed by atoms with Gasteiger partial charge in [-0.3, -0.25) is 35.1 Å². The molecule has 0 heterocycles. The summed E-state index contributed by atoms with van der Waals surface area (Å²) >= 11 is 0. The Kier molecular flexibility index (Phi) is 4.59. The fourth-order valence-electron chi connectivity index (χ4n) is 2.18. The fraction of sp³-hybridized carbons (Fsp3) is 0.0714. The summed E-state index contributed by atoms with van der Waals surface area (Å²) in [6.45, 7) is 0. The third-order valence-corrected chi connectivity index (χ3v) is 3.22. The van der Waals surface area contributed by atoms with Crippen LogP contribution in [0.15, 0.2) is 42.5 Å². The number of Topliss-reactive ketones (excluding diaryl/α,β-unsaturated/α-hetero) is 1. The van der Waals surface area contributed by atoms with Crippen molar-refractivity contribution in [2.45, 2.75) is 6.42 Å². The van der Waals surface area contributed by atoms with E-state index in [0.29, 0.717) is 0 Å². The third kappa shape index (κ3) is 3.21. The van der Waals surface area contributed by atoms with E-state index in [-0.39, 0.29) is 11.1 Å². The molecule has 10 heteroatoms. The second-order valence-corrected chi connectivity index (χ2v) is 4.68. The molecule has 0 saturated carbocycles. The number of carbonyl (C=O) groups is 1. The molecule has 0 saturated heterocycles. The van der Waals surface area contributed by atoms with Gasteiger partial charge >= 0.3 is 17.1 Å². The fourth-order valence-corrected chi connectivity index (χ4v) is 2.18. The van der Waals surface area contributed by atoms with E-state index < -0.39 is 44.0 Å². The normalized spacial score (nSPS) is 10.2. The molecule has 0 fully saturated rings. The quantitative estimate of drug-likeness (QED) is 0.449. The van der Waals surface area contributed by atoms with Crippen molar-refractivity contribution in [1.29, 1.82) is 0 Å². The summed E-state index contributed by atoms with van der Waals surface area (Å²) in [5, 5.41) is 33.1. The molecule has 2 aromatic rings. The standard InChI is InChI=1S/C14H9N3O7/c18-12(9-4-2-1-3-5-9)8-10-6-7-11(15(19)20)14(17(23)24)13(10)16(21)22/h1-7H,8H2. The highest BCUT2D eigenvalue weighted by molar-refractivity contribution is 5.98. The van der Waals surface area contributed by atoms with Crippen LogP contribution in [0.1, 0.15) is 15.9 Å². The summed E-state index contributed by atoms with van der Waals surface area (Å²) in [5.74, 6) is -0.498. The summed E-state index contributed by atoms with van der Waals surface area (Å²) in [7, 11) is 0. The van der Waals surface area contributed by atoms with Crippen LogP contribution in [0.25, 0.3) is 0 Å². The molecule has 0 unspecified atom stereocenters. The molecular formula is C14H9N3O7. The van der Waals surface area contributed by atoms with E-state index in [0.717, 1.165) is 12.1 Å². The minimum atomic E-state index is -1.23. The van der Waals surface area contributed by atoms with Crippen LogP contribution >= 0.6 is 0 Å². The zero-order valence-corrected chi connectivity index (χ0v) is 11.9. The number of nitro groups is 3. The van der Waals surface area contributed by atoms with Crippen LogP contribution in [0.2, 0.25) is 0 Å². The molecule has 0 aliphatic rings. The Balaban J connectivity index is 2.57. The Labute approximate surface area is 133 Å². The molecule has 0 spiro atoms. The molecule has 0 N–H and O–H groups in total. The molecule has 0 aromatic heterocycles. The first-order chi connectivity index (χ1) is 11.3. The van der Waals surface area contributed by atoms with E-state index in [4.69, 9.17) is 0 Å². The SMILES string of the molecule is O=C(Cc1ccc([N+](=O)[O-])c([N+](=O)[O-])c1[N+](=O)[O-])c1ccccc1. The van der Waals surface area contributed by atoms with E-state index in [9.17, 15) is 35.1 Å². The van der Waals surface area contributed by atoms with E-state index in [1.165, 1.54) is 12.1 Å². The van der Waals surface area contributed by atoms with Gasteiger partial charge in [-0.2, -0.15) is 0 Å². The van der Waals surface area contributed by atoms with Gasteiger partial charge in [-0.25, -0.2) is 0 Å². The van der Waals surface area contributed by atoms with Crippen molar-refractivity contribution in [3.05, 3.63) is 83.9 Å². The number of rotatable bonds is 6. The van der Waals surface area contributed by atoms with E-state index in [1.54, 1.807) is 18.2 Å². The highest BCUT2D eigenvalue weighted by Gasteiger charge is 2.38. The lowest BCUT2D eigenvalue weighted by Crippen LogP contribution is -2.09. The Hall–Kier alpha value is -3.69. The smallest absolute Gasteiger partial charge is 0.294 e. The van der Waals surface area contributed by atoms with Crippen LogP contribution in [-0.4, -0.2) is 20.6 Å². The molecule has 0 radical (unpaired) electrons. The van der Waals surface area contributed by atoms with Gasteiger partial charge in [-0.1, -0.05) is 30.3 Å². The van der Waals surface area contributed by atoms with Gasteiger partial charge in [-0.15, -0.1) is 0 Å². The average molecular weight is 331 g/mol. The van der Waals surface area contributed by atoms with Gasteiger partial charge in [0.25, 0.3) is 0 Å². The second-order valence-electron chi connectivity index (χ2n) is 4.68. The number of hydrogen-bond acceptors (Lipinski definition) is 7. The Morgan fingerprint density at radius 2 is 1.38 bits per heavy atom. The monoisotopic (exact) mass is 331 g/mol. The maximum absolute atomic E-state index is 12.2. The van der Waals surface area contributed by atoms with E-state index in [2.05, 4.69) is 0 Å². The van der Waals surface area contributed by atoms with Crippen LogP contribution in [0, 0.1) is 30.3 Å². The lowest BCUT2D eigenvalue weighted by atomic mass is 10.0. The van der Waals surface area contributed by atoms with Crippen molar-refractivity contribution < 1.29 is 19.6 Å². The first kappa shape index (κ1) is 16.7. The van der Waals surface area contributed by atoms with Gasteiger partial charge < -0.3 is 0 Å². The molecule has 24 heavy (non-hydrogen) atoms. The largest absolute Gasteiger partial charge is 0.422 e. The minimum Gasteiger partial charge on any atom is -0.294 e. The van der Waals surface area contributed by atoms with Gasteiger partial charge in [0.05, 0.1) is 14.8 Å². The Morgan fingerprint density at radius 1 is 0.792 bits per heavy atom. The zero-order valence-electron chi connectivity index (χ0n) is 11.9. The van der Waals surface area contributed by atoms with Crippen LogP contribution in [0.3, 0.4) is 0 Å². The summed E-state index contributed by atoms with van der Waals surface area (Å²) in [6.07, 6.45) is -0.487. The highest BCUT2D eigenvalue weighted by Crippen LogP contribution is 2.39. The molecular weight excluding hydrogens is 322 g/mol. The lowest BCUT2D eigenvalue weighted by Gasteiger charge is -2.04. The molecule has 0 aliphatic carbocycles. The van der Waals surface area contributed by atoms with Crippen molar-refractivity contribution in [2.75, 3.05) is 0 Å². The number of ketones is 1. The predicted octanol–water partition coefficient (Wildman–Crippen LogP) is 2.84. The van der Waals surface area contributed by atoms with Crippen LogP contribution in [0.4, 0.5) is 17.1 Å². The van der Waals surface area contributed by atoms with Crippen LogP contribution < -0.4 is 0 Å². The number of benzene rings is 2. The lowest BCUT2D eigenvalue weighted by molar-refractivity contribution is -0.441. The van der Waals surface area contributed by atoms with Gasteiger partial charge in [0.1, 0.15) is 0 Å². The van der Waals surface area contributed by atoms with Crippen molar-refractivity contribution in [3.8, 4) is 0 Å². The third-order valence-electron chi connectivity index (χ3n) is 3.22. The van der Waals surface area contributed by atoms with Crippen molar-refractivity contribution in [3.63, 3.8) is 0 Å². The topological polar surface area (TPSA) is 146 Å². The average Bonchev–Trinajstić information content (AvgIpc) is 2.54. The molecule has 10 nitrogen and oxygen atoms in total. The van der Waals surface area contributed by atoms with E-state index in [1.807, 2.05) is 0 Å². The number of hydrogen-bond donors (Lipinski definition) is 0. The molecule has 2 rings (SSSR count). The van der Waals surface area contributed by atoms with Gasteiger partial charge in [0.2, 0.25) is 0 Å². The number of carbonyl (C=O) groups excluding carboxylic acids is 1. The number of nitro benzene ring substituents is 3. The van der Waals surface area contributed by atoms with Gasteiger partial charge in [0.15, 0.2) is 5.78 Å². The Morgan fingerprint density at radius 3 is 1.88 bits per heavy atom. The summed E-state index contributed by atoms with van der Waals surface area (Å²) in [5.41, 5.74) is -3.26. The molecule has 0 atom stereocenters. The molecule has 2 aromatic carbocycles. The molecule has 122 valence electrons. The second kappa shape index (κ2) is 6.60.